The molecule has 2 aromatic rings. The van der Waals surface area contributed by atoms with Crippen LogP contribution in [0.15, 0.2) is 28.7 Å². The quantitative estimate of drug-likeness (QED) is 0.904. The van der Waals surface area contributed by atoms with Crippen LogP contribution < -0.4 is 10.6 Å². The Morgan fingerprint density at radius 3 is 2.83 bits per heavy atom. The van der Waals surface area contributed by atoms with Crippen molar-refractivity contribution in [3.8, 4) is 0 Å². The van der Waals surface area contributed by atoms with Crippen molar-refractivity contribution in [1.82, 2.24) is 10.2 Å². The van der Waals surface area contributed by atoms with Crippen LogP contribution in [0.5, 0.6) is 0 Å². The second kappa shape index (κ2) is 6.83. The molecule has 2 amide bonds. The van der Waals surface area contributed by atoms with Gasteiger partial charge < -0.3 is 19.8 Å². The van der Waals surface area contributed by atoms with Crippen molar-refractivity contribution in [2.75, 3.05) is 25.5 Å². The van der Waals surface area contributed by atoms with Crippen molar-refractivity contribution in [3.63, 3.8) is 0 Å². The Balaban J connectivity index is 1.63. The van der Waals surface area contributed by atoms with Crippen LogP contribution in [0.1, 0.15) is 19.6 Å². The van der Waals surface area contributed by atoms with Crippen LogP contribution in [0.4, 0.5) is 10.5 Å². The van der Waals surface area contributed by atoms with Gasteiger partial charge in [0.15, 0.2) is 0 Å². The fourth-order valence-corrected chi connectivity index (χ4v) is 3.19. The van der Waals surface area contributed by atoms with E-state index in [0.29, 0.717) is 6.04 Å². The molecule has 130 valence electrons. The van der Waals surface area contributed by atoms with E-state index in [0.717, 1.165) is 35.5 Å². The van der Waals surface area contributed by atoms with Crippen molar-refractivity contribution in [2.24, 2.45) is 0 Å². The van der Waals surface area contributed by atoms with E-state index in [1.54, 1.807) is 7.11 Å². The Morgan fingerprint density at radius 2 is 2.12 bits per heavy atom. The maximum Gasteiger partial charge on any atom is 0.319 e. The van der Waals surface area contributed by atoms with E-state index in [9.17, 15) is 4.79 Å². The van der Waals surface area contributed by atoms with E-state index in [-0.39, 0.29) is 18.2 Å². The number of aryl methyl sites for hydroxylation is 1. The van der Waals surface area contributed by atoms with Crippen LogP contribution in [-0.4, -0.2) is 49.3 Å². The Labute approximate surface area is 142 Å². The standard InChI is InChI=1S/C18H25N3O3/c1-11(2)21-9-15(17(10-21)23-4)20-18(22)19-14-5-6-16-13(8-14)7-12(3)24-16/h5-8,11,15,17H,9-10H2,1-4H3,(H2,19,20,22)/t15-,17-/m1/s1. The van der Waals surface area contributed by atoms with Gasteiger partial charge in [-0.2, -0.15) is 0 Å². The summed E-state index contributed by atoms with van der Waals surface area (Å²) in [6.45, 7) is 7.84. The fraction of sp³-hybridized carbons (Fsp3) is 0.500. The van der Waals surface area contributed by atoms with E-state index in [1.165, 1.54) is 0 Å². The van der Waals surface area contributed by atoms with Gasteiger partial charge in [0.2, 0.25) is 0 Å². The normalized spacial score (nSPS) is 21.5. The van der Waals surface area contributed by atoms with Crippen LogP contribution in [0.25, 0.3) is 11.0 Å². The van der Waals surface area contributed by atoms with E-state index in [1.807, 2.05) is 31.2 Å². The molecule has 2 heterocycles. The number of methoxy groups -OCH3 is 1. The zero-order chi connectivity index (χ0) is 17.3. The summed E-state index contributed by atoms with van der Waals surface area (Å²) in [7, 11) is 1.69. The lowest BCUT2D eigenvalue weighted by molar-refractivity contribution is 0.0896. The Hall–Kier alpha value is -2.05. The molecule has 0 unspecified atom stereocenters. The number of hydrogen-bond donors (Lipinski definition) is 2. The first-order valence-electron chi connectivity index (χ1n) is 8.31. The average molecular weight is 331 g/mol. The van der Waals surface area contributed by atoms with Crippen molar-refractivity contribution in [2.45, 2.75) is 39.0 Å². The third-order valence-corrected chi connectivity index (χ3v) is 4.54. The number of amides is 2. The van der Waals surface area contributed by atoms with Crippen LogP contribution in [0.3, 0.4) is 0 Å². The molecule has 0 saturated carbocycles. The maximum atomic E-state index is 12.3. The highest BCUT2D eigenvalue weighted by Gasteiger charge is 2.34. The molecule has 1 saturated heterocycles. The Morgan fingerprint density at radius 1 is 1.33 bits per heavy atom. The molecule has 0 aliphatic carbocycles. The molecule has 6 heteroatoms. The van der Waals surface area contributed by atoms with Crippen LogP contribution in [0.2, 0.25) is 0 Å². The van der Waals surface area contributed by atoms with E-state index < -0.39 is 0 Å². The summed E-state index contributed by atoms with van der Waals surface area (Å²) >= 11 is 0. The summed E-state index contributed by atoms with van der Waals surface area (Å²) < 4.78 is 11.1. The first kappa shape index (κ1) is 16.8. The minimum atomic E-state index is -0.216. The average Bonchev–Trinajstić information content (AvgIpc) is 3.09. The van der Waals surface area contributed by atoms with Crippen molar-refractivity contribution >= 4 is 22.7 Å². The van der Waals surface area contributed by atoms with E-state index in [2.05, 4.69) is 29.4 Å². The summed E-state index contributed by atoms with van der Waals surface area (Å²) in [4.78, 5) is 14.6. The molecule has 1 aromatic carbocycles. The van der Waals surface area contributed by atoms with Gasteiger partial charge in [0.05, 0.1) is 12.1 Å². The lowest BCUT2D eigenvalue weighted by atomic mass is 10.2. The smallest absolute Gasteiger partial charge is 0.319 e. The number of nitrogens with zero attached hydrogens (tertiary/aromatic N) is 1. The van der Waals surface area contributed by atoms with Gasteiger partial charge in [0.25, 0.3) is 0 Å². The Kier molecular flexibility index (Phi) is 4.78. The molecule has 2 atom stereocenters. The fourth-order valence-electron chi connectivity index (χ4n) is 3.19. The number of carbonyl (C=O) groups excluding carboxylic acids is 1. The number of furan rings is 1. The molecule has 3 rings (SSSR count). The second-order valence-electron chi connectivity index (χ2n) is 6.64. The molecule has 0 radical (unpaired) electrons. The highest BCUT2D eigenvalue weighted by Crippen LogP contribution is 2.23. The first-order valence-corrected chi connectivity index (χ1v) is 8.31. The third kappa shape index (κ3) is 3.55. The number of hydrogen-bond acceptors (Lipinski definition) is 4. The van der Waals surface area contributed by atoms with Gasteiger partial charge in [-0.25, -0.2) is 4.79 Å². The molecule has 1 fully saturated rings. The molecule has 24 heavy (non-hydrogen) atoms. The van der Waals surface area contributed by atoms with Gasteiger partial charge in [-0.15, -0.1) is 0 Å². The molecule has 1 aliphatic heterocycles. The van der Waals surface area contributed by atoms with Crippen LogP contribution >= 0.6 is 0 Å². The number of benzene rings is 1. The summed E-state index contributed by atoms with van der Waals surface area (Å²) in [6.07, 6.45) is 0.0113. The summed E-state index contributed by atoms with van der Waals surface area (Å²) in [5.41, 5.74) is 1.56. The molecular weight excluding hydrogens is 306 g/mol. The molecule has 0 spiro atoms. The van der Waals surface area contributed by atoms with E-state index in [4.69, 9.17) is 9.15 Å². The topological polar surface area (TPSA) is 66.7 Å². The zero-order valence-corrected chi connectivity index (χ0v) is 14.6. The Bertz CT molecular complexity index is 725. The zero-order valence-electron chi connectivity index (χ0n) is 14.6. The SMILES string of the molecule is CO[C@@H]1CN(C(C)C)C[C@H]1NC(=O)Nc1ccc2oc(C)cc2c1. The number of fused-ring (bicyclic) bond motifs is 1. The van der Waals surface area contributed by atoms with Crippen LogP contribution in [0, 0.1) is 6.92 Å². The highest BCUT2D eigenvalue weighted by atomic mass is 16.5. The second-order valence-corrected chi connectivity index (χ2v) is 6.64. The number of carbonyl (C=O) groups is 1. The first-order chi connectivity index (χ1) is 11.5. The number of ether oxygens (including phenoxy) is 1. The highest BCUT2D eigenvalue weighted by molar-refractivity contribution is 5.92. The lowest BCUT2D eigenvalue weighted by Gasteiger charge is -2.20. The maximum absolute atomic E-state index is 12.3. The largest absolute Gasteiger partial charge is 0.461 e. The van der Waals surface area contributed by atoms with Crippen LogP contribution in [-0.2, 0) is 4.74 Å². The molecule has 6 nitrogen and oxygen atoms in total. The molecule has 1 aliphatic rings. The monoisotopic (exact) mass is 331 g/mol. The molecular formula is C18H25N3O3. The number of rotatable bonds is 4. The predicted octanol–water partition coefficient (Wildman–Crippen LogP) is 2.97. The third-order valence-electron chi connectivity index (χ3n) is 4.54. The summed E-state index contributed by atoms with van der Waals surface area (Å²) in [5.74, 6) is 0.856. The van der Waals surface area contributed by atoms with E-state index >= 15 is 0 Å². The minimum absolute atomic E-state index is 0.0113. The van der Waals surface area contributed by atoms with Crippen molar-refractivity contribution in [3.05, 3.63) is 30.0 Å². The number of urea groups is 1. The summed E-state index contributed by atoms with van der Waals surface area (Å²) in [5, 5.41) is 6.90. The van der Waals surface area contributed by atoms with Crippen molar-refractivity contribution < 1.29 is 13.9 Å². The van der Waals surface area contributed by atoms with Crippen molar-refractivity contribution in [1.29, 1.82) is 0 Å². The summed E-state index contributed by atoms with van der Waals surface area (Å²) in [6, 6.07) is 7.78. The van der Waals surface area contributed by atoms with Gasteiger partial charge in [0.1, 0.15) is 11.3 Å². The number of nitrogens with one attached hydrogen (secondary N) is 2. The number of anilines is 1. The van der Waals surface area contributed by atoms with Gasteiger partial charge in [0, 0.05) is 37.3 Å². The molecule has 0 bridgehead atoms. The van der Waals surface area contributed by atoms with Gasteiger partial charge in [-0.1, -0.05) is 0 Å². The van der Waals surface area contributed by atoms with Gasteiger partial charge >= 0.3 is 6.03 Å². The number of likely N-dealkylation sites (tertiary alicyclic amines) is 1. The minimum Gasteiger partial charge on any atom is -0.461 e. The lowest BCUT2D eigenvalue weighted by Crippen LogP contribution is -2.45. The van der Waals surface area contributed by atoms with Gasteiger partial charge in [-0.05, 0) is 45.0 Å². The predicted molar refractivity (Wildman–Crippen MR) is 94.4 cm³/mol. The molecule has 1 aromatic heterocycles. The molecule has 2 N–H and O–H groups in total. The van der Waals surface area contributed by atoms with Gasteiger partial charge in [-0.3, -0.25) is 4.90 Å².